The van der Waals surface area contributed by atoms with Gasteiger partial charge in [0.15, 0.2) is 0 Å². The number of carbonyl (C=O) groups is 1. The fourth-order valence-electron chi connectivity index (χ4n) is 1.66. The summed E-state index contributed by atoms with van der Waals surface area (Å²) in [6.07, 6.45) is 4.31. The Kier molecular flexibility index (Phi) is 3.67. The van der Waals surface area contributed by atoms with Crippen LogP contribution in [0.2, 0.25) is 0 Å². The van der Waals surface area contributed by atoms with E-state index < -0.39 is 0 Å². The molecule has 18 heavy (non-hydrogen) atoms. The molecule has 1 aromatic carbocycles. The summed E-state index contributed by atoms with van der Waals surface area (Å²) in [5.41, 5.74) is 2.36. The van der Waals surface area contributed by atoms with Crippen LogP contribution in [0.15, 0.2) is 30.6 Å². The first-order valence-corrected chi connectivity index (χ1v) is 5.75. The van der Waals surface area contributed by atoms with Gasteiger partial charge in [0.05, 0.1) is 6.61 Å². The number of rotatable bonds is 4. The minimum atomic E-state index is 0.544. The predicted molar refractivity (Wildman–Crippen MR) is 68.8 cm³/mol. The molecule has 0 aliphatic heterocycles. The standard InChI is InChI=1S/C14H14N2O2/c1-3-18-14-6-11(9-17)4-5-13(14)12-7-15-10(2)16-8-12/h4-9H,3H2,1-2H3. The smallest absolute Gasteiger partial charge is 0.150 e. The molecule has 0 radical (unpaired) electrons. The number of hydrogen-bond acceptors (Lipinski definition) is 4. The Bertz CT molecular complexity index is 550. The van der Waals surface area contributed by atoms with Crippen LogP contribution in [0.5, 0.6) is 5.75 Å². The molecule has 1 aromatic heterocycles. The van der Waals surface area contributed by atoms with Crippen molar-refractivity contribution in [3.63, 3.8) is 0 Å². The van der Waals surface area contributed by atoms with Crippen molar-refractivity contribution < 1.29 is 9.53 Å². The van der Waals surface area contributed by atoms with E-state index >= 15 is 0 Å². The van der Waals surface area contributed by atoms with Crippen molar-refractivity contribution in [3.05, 3.63) is 42.0 Å². The number of hydrogen-bond donors (Lipinski definition) is 0. The molecular formula is C14H14N2O2. The minimum Gasteiger partial charge on any atom is -0.493 e. The molecule has 92 valence electrons. The van der Waals surface area contributed by atoms with Crippen LogP contribution in [0.25, 0.3) is 11.1 Å². The molecule has 0 saturated carbocycles. The first-order valence-electron chi connectivity index (χ1n) is 5.75. The molecule has 4 heteroatoms. The van der Waals surface area contributed by atoms with Crippen LogP contribution in [0.4, 0.5) is 0 Å². The number of aldehydes is 1. The van der Waals surface area contributed by atoms with Crippen molar-refractivity contribution in [1.82, 2.24) is 9.97 Å². The first kappa shape index (κ1) is 12.2. The highest BCUT2D eigenvalue weighted by molar-refractivity contribution is 5.80. The van der Waals surface area contributed by atoms with Gasteiger partial charge >= 0.3 is 0 Å². The largest absolute Gasteiger partial charge is 0.493 e. The molecular weight excluding hydrogens is 228 g/mol. The van der Waals surface area contributed by atoms with E-state index in [9.17, 15) is 4.79 Å². The van der Waals surface area contributed by atoms with Gasteiger partial charge in [-0.1, -0.05) is 6.07 Å². The zero-order chi connectivity index (χ0) is 13.0. The van der Waals surface area contributed by atoms with Crippen LogP contribution < -0.4 is 4.74 Å². The van der Waals surface area contributed by atoms with Crippen molar-refractivity contribution in [2.24, 2.45) is 0 Å². The lowest BCUT2D eigenvalue weighted by molar-refractivity contribution is 0.112. The van der Waals surface area contributed by atoms with Gasteiger partial charge < -0.3 is 4.74 Å². The van der Waals surface area contributed by atoms with Gasteiger partial charge in [-0.2, -0.15) is 0 Å². The number of aryl methyl sites for hydroxylation is 1. The third-order valence-corrected chi connectivity index (χ3v) is 2.53. The molecule has 0 aliphatic rings. The van der Waals surface area contributed by atoms with E-state index in [4.69, 9.17) is 4.74 Å². The predicted octanol–water partition coefficient (Wildman–Crippen LogP) is 2.66. The average molecular weight is 242 g/mol. The zero-order valence-corrected chi connectivity index (χ0v) is 10.4. The molecule has 1 heterocycles. The Morgan fingerprint density at radius 2 is 2.00 bits per heavy atom. The summed E-state index contributed by atoms with van der Waals surface area (Å²) in [7, 11) is 0. The van der Waals surface area contributed by atoms with E-state index in [1.807, 2.05) is 19.9 Å². The molecule has 0 saturated heterocycles. The maximum atomic E-state index is 10.8. The second kappa shape index (κ2) is 5.40. The van der Waals surface area contributed by atoms with Crippen LogP contribution >= 0.6 is 0 Å². The van der Waals surface area contributed by atoms with Gasteiger partial charge in [-0.05, 0) is 26.0 Å². The number of ether oxygens (including phenoxy) is 1. The van der Waals surface area contributed by atoms with Crippen molar-refractivity contribution in [3.8, 4) is 16.9 Å². The fraction of sp³-hybridized carbons (Fsp3) is 0.214. The Labute approximate surface area is 106 Å². The SMILES string of the molecule is CCOc1cc(C=O)ccc1-c1cnc(C)nc1. The molecule has 4 nitrogen and oxygen atoms in total. The van der Waals surface area contributed by atoms with Crippen LogP contribution in [0.1, 0.15) is 23.1 Å². The lowest BCUT2D eigenvalue weighted by Crippen LogP contribution is -1.96. The summed E-state index contributed by atoms with van der Waals surface area (Å²) in [6.45, 7) is 4.29. The van der Waals surface area contributed by atoms with Crippen molar-refractivity contribution in [2.45, 2.75) is 13.8 Å². The molecule has 2 aromatic rings. The number of nitrogens with zero attached hydrogens (tertiary/aromatic N) is 2. The second-order valence-corrected chi connectivity index (χ2v) is 3.83. The number of aromatic nitrogens is 2. The third-order valence-electron chi connectivity index (χ3n) is 2.53. The Hall–Kier alpha value is -2.23. The minimum absolute atomic E-state index is 0.544. The summed E-state index contributed by atoms with van der Waals surface area (Å²) in [5.74, 6) is 1.40. The van der Waals surface area contributed by atoms with Crippen molar-refractivity contribution in [2.75, 3.05) is 6.61 Å². The average Bonchev–Trinajstić information content (AvgIpc) is 2.40. The number of benzene rings is 1. The Morgan fingerprint density at radius 1 is 1.28 bits per heavy atom. The maximum Gasteiger partial charge on any atom is 0.150 e. The first-order chi connectivity index (χ1) is 8.74. The lowest BCUT2D eigenvalue weighted by Gasteiger charge is -2.10. The van der Waals surface area contributed by atoms with Crippen LogP contribution in [0, 0.1) is 6.92 Å². The van der Waals surface area contributed by atoms with Gasteiger partial charge in [0, 0.05) is 29.1 Å². The summed E-state index contributed by atoms with van der Waals surface area (Å²) < 4.78 is 5.55. The highest BCUT2D eigenvalue weighted by Crippen LogP contribution is 2.30. The summed E-state index contributed by atoms with van der Waals surface area (Å²) in [4.78, 5) is 19.1. The summed E-state index contributed by atoms with van der Waals surface area (Å²) in [6, 6.07) is 5.33. The number of carbonyl (C=O) groups excluding carboxylic acids is 1. The molecule has 0 amide bonds. The van der Waals surface area contributed by atoms with Gasteiger partial charge in [0.25, 0.3) is 0 Å². The van der Waals surface area contributed by atoms with E-state index in [0.717, 1.165) is 23.2 Å². The lowest BCUT2D eigenvalue weighted by atomic mass is 10.1. The molecule has 2 rings (SSSR count). The Balaban J connectivity index is 2.48. The fourth-order valence-corrected chi connectivity index (χ4v) is 1.66. The van der Waals surface area contributed by atoms with Gasteiger partial charge in [0.1, 0.15) is 17.9 Å². The van der Waals surface area contributed by atoms with E-state index in [2.05, 4.69) is 9.97 Å². The topological polar surface area (TPSA) is 52.1 Å². The van der Waals surface area contributed by atoms with Gasteiger partial charge in [0.2, 0.25) is 0 Å². The van der Waals surface area contributed by atoms with Crippen molar-refractivity contribution >= 4 is 6.29 Å². The molecule has 0 unspecified atom stereocenters. The normalized spacial score (nSPS) is 10.1. The molecule has 0 atom stereocenters. The molecule has 0 spiro atoms. The van der Waals surface area contributed by atoms with E-state index in [-0.39, 0.29) is 0 Å². The van der Waals surface area contributed by atoms with Gasteiger partial charge in [-0.15, -0.1) is 0 Å². The summed E-state index contributed by atoms with van der Waals surface area (Å²) in [5, 5.41) is 0. The Morgan fingerprint density at radius 3 is 2.61 bits per heavy atom. The second-order valence-electron chi connectivity index (χ2n) is 3.83. The molecule has 0 N–H and O–H groups in total. The highest BCUT2D eigenvalue weighted by atomic mass is 16.5. The monoisotopic (exact) mass is 242 g/mol. The zero-order valence-electron chi connectivity index (χ0n) is 10.4. The molecule has 0 fully saturated rings. The maximum absolute atomic E-state index is 10.8. The van der Waals surface area contributed by atoms with Crippen LogP contribution in [-0.2, 0) is 0 Å². The van der Waals surface area contributed by atoms with E-state index in [1.165, 1.54) is 0 Å². The summed E-state index contributed by atoms with van der Waals surface area (Å²) >= 11 is 0. The van der Waals surface area contributed by atoms with E-state index in [0.29, 0.717) is 17.9 Å². The van der Waals surface area contributed by atoms with Crippen LogP contribution in [0.3, 0.4) is 0 Å². The van der Waals surface area contributed by atoms with E-state index in [1.54, 1.807) is 24.5 Å². The third kappa shape index (κ3) is 2.53. The molecule has 0 aliphatic carbocycles. The van der Waals surface area contributed by atoms with Crippen LogP contribution in [-0.4, -0.2) is 22.9 Å². The molecule has 0 bridgehead atoms. The van der Waals surface area contributed by atoms with Gasteiger partial charge in [-0.3, -0.25) is 4.79 Å². The quantitative estimate of drug-likeness (QED) is 0.773. The highest BCUT2D eigenvalue weighted by Gasteiger charge is 2.08. The van der Waals surface area contributed by atoms with Crippen molar-refractivity contribution in [1.29, 1.82) is 0 Å². The van der Waals surface area contributed by atoms with Gasteiger partial charge in [-0.25, -0.2) is 9.97 Å².